The Morgan fingerprint density at radius 1 is 0.947 bits per heavy atom. The molecule has 204 valence electrons. The number of fused-ring (bicyclic) bond motifs is 1. The predicted octanol–water partition coefficient (Wildman–Crippen LogP) is 5.25. The summed E-state index contributed by atoms with van der Waals surface area (Å²) in [4.78, 5) is 43.9. The highest BCUT2D eigenvalue weighted by atomic mass is 35.5. The van der Waals surface area contributed by atoms with Crippen molar-refractivity contribution in [3.63, 3.8) is 0 Å². The first-order valence-corrected chi connectivity index (χ1v) is 14.8. The minimum Gasteiger partial charge on any atom is -0.356 e. The van der Waals surface area contributed by atoms with Crippen LogP contribution in [-0.4, -0.2) is 51.9 Å². The average Bonchev–Trinajstić information content (AvgIpc) is 3.48. The largest absolute Gasteiger partial charge is 0.356 e. The van der Waals surface area contributed by atoms with Crippen LogP contribution in [0.1, 0.15) is 71.1 Å². The summed E-state index contributed by atoms with van der Waals surface area (Å²) in [5, 5.41) is 6.92. The molecule has 38 heavy (non-hydrogen) atoms. The average molecular weight is 561 g/mol. The molecule has 1 spiro atoms. The maximum absolute atomic E-state index is 14.3. The summed E-state index contributed by atoms with van der Waals surface area (Å²) < 4.78 is 6.66. The topological polar surface area (TPSA) is 87.7 Å². The van der Waals surface area contributed by atoms with Gasteiger partial charge in [0.25, 0.3) is 0 Å². The summed E-state index contributed by atoms with van der Waals surface area (Å²) >= 11 is 12.2. The maximum Gasteiger partial charge on any atom is 0.246 e. The molecule has 5 aliphatic rings. The lowest BCUT2D eigenvalue weighted by molar-refractivity contribution is -0.147. The number of hydrogen-bond donors (Lipinski definition) is 2. The van der Waals surface area contributed by atoms with E-state index in [1.54, 1.807) is 23.1 Å². The van der Waals surface area contributed by atoms with E-state index in [1.165, 1.54) is 6.42 Å². The number of rotatable bonds is 5. The van der Waals surface area contributed by atoms with Crippen molar-refractivity contribution in [1.82, 2.24) is 10.2 Å². The van der Waals surface area contributed by atoms with Gasteiger partial charge in [0.2, 0.25) is 17.7 Å². The second-order valence-corrected chi connectivity index (χ2v) is 12.6. The normalized spacial score (nSPS) is 35.0. The molecule has 3 heterocycles. The van der Waals surface area contributed by atoms with Gasteiger partial charge in [-0.25, -0.2) is 0 Å². The van der Waals surface area contributed by atoms with Crippen molar-refractivity contribution < 1.29 is 19.1 Å². The van der Waals surface area contributed by atoms with Gasteiger partial charge in [-0.2, -0.15) is 0 Å². The number of likely N-dealkylation sites (tertiary alicyclic amines) is 1. The van der Waals surface area contributed by atoms with Crippen LogP contribution in [0.25, 0.3) is 0 Å². The first kappa shape index (κ1) is 26.1. The van der Waals surface area contributed by atoms with E-state index in [1.807, 2.05) is 19.1 Å². The highest BCUT2D eigenvalue weighted by molar-refractivity contribution is 6.42. The molecule has 7 nitrogen and oxygen atoms in total. The summed E-state index contributed by atoms with van der Waals surface area (Å²) in [6.45, 7) is 1.84. The molecule has 2 N–H and O–H groups in total. The minimum absolute atomic E-state index is 0.0269. The lowest BCUT2D eigenvalue weighted by atomic mass is 9.70. The van der Waals surface area contributed by atoms with Gasteiger partial charge in [0.05, 0.1) is 27.5 Å². The monoisotopic (exact) mass is 559 g/mol. The number of nitrogens with zero attached hydrogens (tertiary/aromatic N) is 1. The minimum atomic E-state index is -1.17. The Labute approximate surface area is 233 Å². The Balaban J connectivity index is 1.34. The molecule has 9 heteroatoms. The second-order valence-electron chi connectivity index (χ2n) is 11.8. The van der Waals surface area contributed by atoms with Crippen molar-refractivity contribution >= 4 is 46.6 Å². The third-order valence-electron chi connectivity index (χ3n) is 9.37. The van der Waals surface area contributed by atoms with E-state index in [0.717, 1.165) is 57.8 Å². The number of benzene rings is 1. The van der Waals surface area contributed by atoms with E-state index in [-0.39, 0.29) is 29.8 Å². The lowest BCUT2D eigenvalue weighted by Gasteiger charge is -2.39. The van der Waals surface area contributed by atoms with E-state index >= 15 is 0 Å². The van der Waals surface area contributed by atoms with Crippen LogP contribution < -0.4 is 10.6 Å². The van der Waals surface area contributed by atoms with Crippen LogP contribution in [0.15, 0.2) is 30.4 Å². The number of halogens is 2. The fourth-order valence-corrected chi connectivity index (χ4v) is 7.94. The third-order valence-corrected chi connectivity index (χ3v) is 10.1. The lowest BCUT2D eigenvalue weighted by Crippen LogP contribution is -2.58. The molecule has 2 aliphatic carbocycles. The standard InChI is InChI=1S/C29H35Cl2N3O4/c1-28-14-15-29(38-28)23(22(28)25(35)33-18-12-13-20(30)21(31)16-18)27(37)34(19-10-6-3-7-11-19)24(29)26(36)32-17-8-4-2-5-9-17/h12-17,19,22-24H,2-11H2,1H3,(H,32,36)(H,33,35)/t22-,23+,24-,28+,29+/m1/s1. The van der Waals surface area contributed by atoms with Gasteiger partial charge < -0.3 is 20.3 Å². The summed E-state index contributed by atoms with van der Waals surface area (Å²) in [6, 6.07) is 4.19. The summed E-state index contributed by atoms with van der Waals surface area (Å²) in [5.41, 5.74) is -1.67. The molecule has 0 unspecified atom stereocenters. The zero-order chi connectivity index (χ0) is 26.7. The Kier molecular flexibility index (Phi) is 6.76. The molecule has 2 saturated heterocycles. The Morgan fingerprint density at radius 2 is 1.63 bits per heavy atom. The van der Waals surface area contributed by atoms with Gasteiger partial charge in [-0.05, 0) is 50.8 Å². The Bertz CT molecular complexity index is 1180. The van der Waals surface area contributed by atoms with Crippen molar-refractivity contribution in [2.75, 3.05) is 5.32 Å². The number of carbonyl (C=O) groups excluding carboxylic acids is 3. The van der Waals surface area contributed by atoms with Crippen molar-refractivity contribution in [3.05, 3.63) is 40.4 Å². The smallest absolute Gasteiger partial charge is 0.246 e. The molecule has 1 aromatic carbocycles. The van der Waals surface area contributed by atoms with Crippen LogP contribution in [-0.2, 0) is 19.1 Å². The van der Waals surface area contributed by atoms with Crippen molar-refractivity contribution in [1.29, 1.82) is 0 Å². The molecular weight excluding hydrogens is 525 g/mol. The van der Waals surface area contributed by atoms with Crippen LogP contribution in [0.3, 0.4) is 0 Å². The van der Waals surface area contributed by atoms with Crippen molar-refractivity contribution in [3.8, 4) is 0 Å². The molecular formula is C29H35Cl2N3O4. The number of anilines is 1. The number of ether oxygens (including phenoxy) is 1. The van der Waals surface area contributed by atoms with E-state index in [4.69, 9.17) is 27.9 Å². The van der Waals surface area contributed by atoms with Gasteiger partial charge in [0.15, 0.2) is 0 Å². The maximum atomic E-state index is 14.3. The van der Waals surface area contributed by atoms with Crippen LogP contribution in [0, 0.1) is 11.8 Å². The predicted molar refractivity (Wildman–Crippen MR) is 146 cm³/mol. The van der Waals surface area contributed by atoms with E-state index in [0.29, 0.717) is 15.7 Å². The summed E-state index contributed by atoms with van der Waals surface area (Å²) in [7, 11) is 0. The molecule has 3 aliphatic heterocycles. The highest BCUT2D eigenvalue weighted by Crippen LogP contribution is 2.60. The van der Waals surface area contributed by atoms with E-state index in [2.05, 4.69) is 10.6 Å². The SMILES string of the molecule is C[C@@]12C=C[C@]3(O1)[C@H](C(=O)N(C1CCCCC1)[C@@H]3C(=O)NC1CCCCC1)[C@@H]2C(=O)Nc1ccc(Cl)c(Cl)c1. The third kappa shape index (κ3) is 4.16. The molecule has 0 aromatic heterocycles. The molecule has 0 radical (unpaired) electrons. The van der Waals surface area contributed by atoms with Gasteiger partial charge in [0, 0.05) is 17.8 Å². The molecule has 1 aromatic rings. The quantitative estimate of drug-likeness (QED) is 0.482. The first-order valence-electron chi connectivity index (χ1n) is 14.0. The molecule has 4 fully saturated rings. The van der Waals surface area contributed by atoms with Gasteiger partial charge in [-0.3, -0.25) is 14.4 Å². The van der Waals surface area contributed by atoms with Gasteiger partial charge in [-0.1, -0.05) is 73.9 Å². The van der Waals surface area contributed by atoms with Crippen LogP contribution in [0.2, 0.25) is 10.0 Å². The molecule has 2 bridgehead atoms. The van der Waals surface area contributed by atoms with E-state index < -0.39 is 29.1 Å². The van der Waals surface area contributed by atoms with Crippen LogP contribution in [0.5, 0.6) is 0 Å². The Hall–Kier alpha value is -2.09. The van der Waals surface area contributed by atoms with Crippen LogP contribution in [0.4, 0.5) is 5.69 Å². The Morgan fingerprint density at radius 3 is 2.32 bits per heavy atom. The number of carbonyl (C=O) groups is 3. The highest BCUT2D eigenvalue weighted by Gasteiger charge is 2.76. The number of hydrogen-bond acceptors (Lipinski definition) is 4. The molecule has 5 atom stereocenters. The molecule has 3 amide bonds. The molecule has 6 rings (SSSR count). The summed E-state index contributed by atoms with van der Waals surface area (Å²) in [6.07, 6.45) is 14.0. The van der Waals surface area contributed by atoms with Gasteiger partial charge in [0.1, 0.15) is 11.6 Å². The van der Waals surface area contributed by atoms with Gasteiger partial charge in [-0.15, -0.1) is 0 Å². The van der Waals surface area contributed by atoms with Crippen LogP contribution >= 0.6 is 23.2 Å². The fraction of sp³-hybridized carbons (Fsp3) is 0.621. The first-order chi connectivity index (χ1) is 18.2. The number of amides is 3. The van der Waals surface area contributed by atoms with Gasteiger partial charge >= 0.3 is 0 Å². The molecule has 2 saturated carbocycles. The fourth-order valence-electron chi connectivity index (χ4n) is 7.64. The second kappa shape index (κ2) is 9.83. The number of nitrogens with one attached hydrogen (secondary N) is 2. The van der Waals surface area contributed by atoms with Crippen molar-refractivity contribution in [2.24, 2.45) is 11.8 Å². The zero-order valence-electron chi connectivity index (χ0n) is 21.7. The zero-order valence-corrected chi connectivity index (χ0v) is 23.2. The summed E-state index contributed by atoms with van der Waals surface area (Å²) in [5.74, 6) is -2.19. The van der Waals surface area contributed by atoms with Crippen molar-refractivity contribution in [2.45, 2.75) is 100 Å². The van der Waals surface area contributed by atoms with E-state index in [9.17, 15) is 14.4 Å².